The Balaban J connectivity index is 1.83. The van der Waals surface area contributed by atoms with Gasteiger partial charge in [0.15, 0.2) is 0 Å². The quantitative estimate of drug-likeness (QED) is 0.907. The fourth-order valence-corrected chi connectivity index (χ4v) is 3.37. The zero-order valence-corrected chi connectivity index (χ0v) is 13.6. The largest absolute Gasteiger partial charge is 0.388 e. The van der Waals surface area contributed by atoms with E-state index in [4.69, 9.17) is 0 Å². The third-order valence-corrected chi connectivity index (χ3v) is 4.38. The lowest BCUT2D eigenvalue weighted by Gasteiger charge is -2.42. The van der Waals surface area contributed by atoms with Crippen LogP contribution in [0.5, 0.6) is 0 Å². The molecule has 1 atom stereocenters. The van der Waals surface area contributed by atoms with Crippen LogP contribution in [0.25, 0.3) is 11.3 Å². The van der Waals surface area contributed by atoms with E-state index in [1.54, 1.807) is 0 Å². The minimum atomic E-state index is -0.880. The van der Waals surface area contributed by atoms with Gasteiger partial charge >= 0.3 is 0 Å². The van der Waals surface area contributed by atoms with Crippen molar-refractivity contribution in [2.24, 2.45) is 0 Å². The van der Waals surface area contributed by atoms with Gasteiger partial charge in [-0.15, -0.1) is 0 Å². The van der Waals surface area contributed by atoms with Gasteiger partial charge in [0.25, 0.3) is 5.56 Å². The van der Waals surface area contributed by atoms with E-state index in [2.05, 4.69) is 24.1 Å². The summed E-state index contributed by atoms with van der Waals surface area (Å²) in [5, 5.41) is 14.2. The third kappa shape index (κ3) is 3.68. The Morgan fingerprint density at radius 2 is 2.04 bits per heavy atom. The summed E-state index contributed by atoms with van der Waals surface area (Å²) in [6.07, 6.45) is 2.77. The zero-order chi connectivity index (χ0) is 16.5. The van der Waals surface area contributed by atoms with E-state index in [0.717, 1.165) is 12.1 Å². The number of benzene rings is 1. The molecule has 1 saturated heterocycles. The van der Waals surface area contributed by atoms with Gasteiger partial charge in [-0.3, -0.25) is 9.36 Å². The molecule has 1 fully saturated rings. The molecule has 1 aliphatic rings. The molecule has 122 valence electrons. The lowest BCUT2D eigenvalue weighted by molar-refractivity contribution is -0.0351. The molecule has 1 unspecified atom stereocenters. The summed E-state index contributed by atoms with van der Waals surface area (Å²) in [6, 6.07) is 11.2. The molecule has 2 aromatic rings. The Bertz CT molecular complexity index is 739. The average Bonchev–Trinajstić information content (AvgIpc) is 2.49. The molecule has 23 heavy (non-hydrogen) atoms. The van der Waals surface area contributed by atoms with Gasteiger partial charge in [-0.2, -0.15) is 0 Å². The first kappa shape index (κ1) is 15.9. The Hall–Kier alpha value is -1.98. The number of aliphatic hydroxyl groups is 1. The number of hydrogen-bond acceptors (Lipinski definition) is 4. The molecule has 2 heterocycles. The highest BCUT2D eigenvalue weighted by molar-refractivity contribution is 5.57. The van der Waals surface area contributed by atoms with Crippen LogP contribution in [-0.2, 0) is 6.54 Å². The summed E-state index contributed by atoms with van der Waals surface area (Å²) in [5.74, 6) is 0. The molecule has 1 aliphatic heterocycles. The summed E-state index contributed by atoms with van der Waals surface area (Å²) < 4.78 is 1.51. The lowest BCUT2D eigenvalue weighted by Crippen LogP contribution is -2.56. The molecule has 0 amide bonds. The fraction of sp³-hybridized carbons (Fsp3) is 0.444. The van der Waals surface area contributed by atoms with E-state index < -0.39 is 5.60 Å². The van der Waals surface area contributed by atoms with Crippen molar-refractivity contribution >= 4 is 0 Å². The van der Waals surface area contributed by atoms with Gasteiger partial charge in [0.05, 0.1) is 24.2 Å². The van der Waals surface area contributed by atoms with Crippen LogP contribution in [0.15, 0.2) is 47.5 Å². The molecule has 5 nitrogen and oxygen atoms in total. The predicted molar refractivity (Wildman–Crippen MR) is 90.2 cm³/mol. The monoisotopic (exact) mass is 313 g/mol. The zero-order valence-electron chi connectivity index (χ0n) is 13.6. The van der Waals surface area contributed by atoms with E-state index in [1.807, 2.05) is 30.3 Å². The maximum absolute atomic E-state index is 12.4. The van der Waals surface area contributed by atoms with Crippen LogP contribution in [-0.4, -0.2) is 32.3 Å². The summed E-state index contributed by atoms with van der Waals surface area (Å²) in [6.45, 7) is 5.15. The second kappa shape index (κ2) is 5.91. The van der Waals surface area contributed by atoms with Crippen LogP contribution in [0.4, 0.5) is 0 Å². The number of hydrogen-bond donors (Lipinski definition) is 2. The van der Waals surface area contributed by atoms with Crippen LogP contribution in [0.2, 0.25) is 0 Å². The van der Waals surface area contributed by atoms with Crippen molar-refractivity contribution < 1.29 is 5.11 Å². The SMILES string of the molecule is CC1(C)CC(O)(Cn2cnc(-c3ccccc3)cc2=O)CCN1. The summed E-state index contributed by atoms with van der Waals surface area (Å²) in [4.78, 5) is 16.8. The molecule has 0 bridgehead atoms. The Morgan fingerprint density at radius 1 is 1.30 bits per heavy atom. The number of rotatable bonds is 3. The first-order valence-corrected chi connectivity index (χ1v) is 7.96. The van der Waals surface area contributed by atoms with Crippen LogP contribution >= 0.6 is 0 Å². The van der Waals surface area contributed by atoms with Crippen molar-refractivity contribution in [2.75, 3.05) is 6.54 Å². The van der Waals surface area contributed by atoms with Crippen molar-refractivity contribution in [2.45, 2.75) is 44.4 Å². The molecule has 1 aromatic heterocycles. The highest BCUT2D eigenvalue weighted by atomic mass is 16.3. The smallest absolute Gasteiger partial charge is 0.253 e. The molecule has 3 rings (SSSR count). The normalized spacial score (nSPS) is 23.6. The summed E-state index contributed by atoms with van der Waals surface area (Å²) in [5.41, 5.74) is 0.425. The molecular formula is C18H23N3O2. The Kier molecular flexibility index (Phi) is 4.08. The summed E-state index contributed by atoms with van der Waals surface area (Å²) >= 11 is 0. The minimum Gasteiger partial charge on any atom is -0.388 e. The summed E-state index contributed by atoms with van der Waals surface area (Å²) in [7, 11) is 0. The van der Waals surface area contributed by atoms with Crippen LogP contribution in [0, 0.1) is 0 Å². The van der Waals surface area contributed by atoms with E-state index in [0.29, 0.717) is 18.5 Å². The van der Waals surface area contributed by atoms with E-state index >= 15 is 0 Å². The van der Waals surface area contributed by atoms with E-state index in [9.17, 15) is 9.90 Å². The van der Waals surface area contributed by atoms with Gasteiger partial charge in [0.2, 0.25) is 0 Å². The predicted octanol–water partition coefficient (Wildman–Crippen LogP) is 1.80. The van der Waals surface area contributed by atoms with Crippen molar-refractivity contribution in [3.8, 4) is 11.3 Å². The molecule has 1 aromatic carbocycles. The first-order chi connectivity index (χ1) is 10.9. The number of aromatic nitrogens is 2. The fourth-order valence-electron chi connectivity index (χ4n) is 3.37. The first-order valence-electron chi connectivity index (χ1n) is 7.96. The van der Waals surface area contributed by atoms with Crippen LogP contribution in [0.1, 0.15) is 26.7 Å². The van der Waals surface area contributed by atoms with Gasteiger partial charge in [0.1, 0.15) is 0 Å². The van der Waals surface area contributed by atoms with Crippen molar-refractivity contribution in [1.29, 1.82) is 0 Å². The van der Waals surface area contributed by atoms with Gasteiger partial charge < -0.3 is 10.4 Å². The molecule has 0 spiro atoms. The number of nitrogens with one attached hydrogen (secondary N) is 1. The molecule has 0 radical (unpaired) electrons. The highest BCUT2D eigenvalue weighted by Gasteiger charge is 2.38. The van der Waals surface area contributed by atoms with E-state index in [1.165, 1.54) is 17.0 Å². The number of piperidine rings is 1. The van der Waals surface area contributed by atoms with Gasteiger partial charge in [-0.05, 0) is 33.2 Å². The van der Waals surface area contributed by atoms with E-state index in [-0.39, 0.29) is 17.6 Å². The van der Waals surface area contributed by atoms with Gasteiger partial charge in [-0.25, -0.2) is 4.98 Å². The maximum Gasteiger partial charge on any atom is 0.253 e. The standard InChI is InChI=1S/C18H23N3O2/c1-17(2)11-18(23,8-9-20-17)12-21-13-19-15(10-16(21)22)14-6-4-3-5-7-14/h3-7,10,13,20,23H,8-9,11-12H2,1-2H3. The molecular weight excluding hydrogens is 290 g/mol. The maximum atomic E-state index is 12.4. The molecule has 0 saturated carbocycles. The van der Waals surface area contributed by atoms with Crippen molar-refractivity contribution in [3.05, 3.63) is 53.1 Å². The number of nitrogens with zero attached hydrogens (tertiary/aromatic N) is 2. The topological polar surface area (TPSA) is 67.1 Å². The Labute approximate surface area is 136 Å². The minimum absolute atomic E-state index is 0.131. The second-order valence-electron chi connectivity index (χ2n) is 7.07. The molecule has 0 aliphatic carbocycles. The Morgan fingerprint density at radius 3 is 2.70 bits per heavy atom. The third-order valence-electron chi connectivity index (χ3n) is 4.38. The lowest BCUT2D eigenvalue weighted by atomic mass is 9.81. The van der Waals surface area contributed by atoms with Gasteiger partial charge in [0, 0.05) is 17.2 Å². The van der Waals surface area contributed by atoms with Crippen molar-refractivity contribution in [1.82, 2.24) is 14.9 Å². The highest BCUT2D eigenvalue weighted by Crippen LogP contribution is 2.29. The van der Waals surface area contributed by atoms with Gasteiger partial charge in [-0.1, -0.05) is 30.3 Å². The second-order valence-corrected chi connectivity index (χ2v) is 7.07. The van der Waals surface area contributed by atoms with Crippen LogP contribution in [0.3, 0.4) is 0 Å². The van der Waals surface area contributed by atoms with Crippen LogP contribution < -0.4 is 10.9 Å². The van der Waals surface area contributed by atoms with Crippen molar-refractivity contribution in [3.63, 3.8) is 0 Å². The average molecular weight is 313 g/mol. The molecule has 2 N–H and O–H groups in total. The molecule has 5 heteroatoms.